The van der Waals surface area contributed by atoms with Gasteiger partial charge in [-0.05, 0) is 37.8 Å². The Bertz CT molecular complexity index is 1150. The first-order valence-corrected chi connectivity index (χ1v) is 11.7. The molecule has 10 heteroatoms. The largest absolute Gasteiger partial charge is 0.423 e. The zero-order valence-corrected chi connectivity index (χ0v) is 18.4. The third-order valence-corrected chi connectivity index (χ3v) is 7.14. The second-order valence-corrected chi connectivity index (χ2v) is 9.24. The van der Waals surface area contributed by atoms with E-state index >= 15 is 0 Å². The Morgan fingerprint density at radius 2 is 1.45 bits per heavy atom. The minimum absolute atomic E-state index is 0.324. The summed E-state index contributed by atoms with van der Waals surface area (Å²) in [7, 11) is 0. The van der Waals surface area contributed by atoms with Gasteiger partial charge in [-0.3, -0.25) is 4.79 Å². The van der Waals surface area contributed by atoms with Gasteiger partial charge < -0.3 is 24.4 Å². The Balaban J connectivity index is 1.26. The van der Waals surface area contributed by atoms with Crippen molar-refractivity contribution in [1.29, 1.82) is 0 Å². The number of primary amides is 1. The third-order valence-electron chi connectivity index (χ3n) is 7.14. The fraction of sp³-hybridized carbons (Fsp3) is 0.522. The highest BCUT2D eigenvalue weighted by atomic mass is 16.4. The maximum absolute atomic E-state index is 12.5. The van der Waals surface area contributed by atoms with Crippen LogP contribution in [0.3, 0.4) is 0 Å². The first-order valence-electron chi connectivity index (χ1n) is 11.7. The Morgan fingerprint density at radius 3 is 2.00 bits per heavy atom. The highest BCUT2D eigenvalue weighted by Gasteiger charge is 2.36. The number of para-hydroxylation sites is 2. The minimum atomic E-state index is -0.562. The summed E-state index contributed by atoms with van der Waals surface area (Å²) in [5.41, 5.74) is 7.71. The molecule has 2 N–H and O–H groups in total. The Labute approximate surface area is 191 Å². The normalized spacial score (nSPS) is 20.9. The molecular formula is C23H27N7O3. The zero-order chi connectivity index (χ0) is 22.4. The molecule has 33 heavy (non-hydrogen) atoms. The number of fused-ring (bicyclic) bond motifs is 1. The van der Waals surface area contributed by atoms with Crippen LogP contribution >= 0.6 is 0 Å². The molecule has 6 rings (SSSR count). The van der Waals surface area contributed by atoms with Crippen LogP contribution in [0.2, 0.25) is 0 Å². The molecule has 0 saturated heterocycles. The van der Waals surface area contributed by atoms with Gasteiger partial charge in [-0.25, -0.2) is 0 Å². The molecular weight excluding hydrogens is 422 g/mol. The smallest absolute Gasteiger partial charge is 0.241 e. The maximum Gasteiger partial charge on any atom is 0.241 e. The lowest BCUT2D eigenvalue weighted by atomic mass is 9.85. The van der Waals surface area contributed by atoms with E-state index in [0.29, 0.717) is 55.0 Å². The minimum Gasteiger partial charge on any atom is -0.423 e. The van der Waals surface area contributed by atoms with Crippen LogP contribution in [0.15, 0.2) is 33.1 Å². The van der Waals surface area contributed by atoms with Crippen LogP contribution in [0.4, 0.5) is 11.4 Å². The predicted molar refractivity (Wildman–Crippen MR) is 118 cm³/mol. The molecule has 2 fully saturated rings. The number of hydrogen-bond acceptors (Lipinski definition) is 9. The average Bonchev–Trinajstić information content (AvgIpc) is 3.37. The number of carbonyl (C=O) groups is 1. The van der Waals surface area contributed by atoms with E-state index in [1.54, 1.807) is 0 Å². The molecule has 0 radical (unpaired) electrons. The fourth-order valence-electron chi connectivity index (χ4n) is 4.75. The van der Waals surface area contributed by atoms with E-state index in [1.807, 2.05) is 29.2 Å². The first kappa shape index (κ1) is 20.2. The summed E-state index contributed by atoms with van der Waals surface area (Å²) in [5, 5.41) is 17.0. The summed E-state index contributed by atoms with van der Waals surface area (Å²) >= 11 is 0. The SMILES string of the molecule is NC(=O)[C@H]1CN(Cc2nnc(C3CCC3)o2)c2ccccc2N1Cc1nnc(C2CCC2)o1. The van der Waals surface area contributed by atoms with Crippen molar-refractivity contribution in [3.63, 3.8) is 0 Å². The van der Waals surface area contributed by atoms with Gasteiger partial charge in [0.2, 0.25) is 29.5 Å². The van der Waals surface area contributed by atoms with Gasteiger partial charge in [0, 0.05) is 18.4 Å². The van der Waals surface area contributed by atoms with E-state index in [1.165, 1.54) is 12.8 Å². The number of nitrogens with zero attached hydrogens (tertiary/aromatic N) is 6. The van der Waals surface area contributed by atoms with Gasteiger partial charge in [0.1, 0.15) is 6.04 Å². The van der Waals surface area contributed by atoms with Crippen LogP contribution in [0.1, 0.15) is 73.9 Å². The number of carbonyl (C=O) groups excluding carboxylic acids is 1. The van der Waals surface area contributed by atoms with Crippen molar-refractivity contribution in [2.75, 3.05) is 16.3 Å². The second kappa shape index (κ2) is 8.17. The van der Waals surface area contributed by atoms with E-state index in [-0.39, 0.29) is 0 Å². The Kier molecular flexibility index (Phi) is 5.00. The standard InChI is InChI=1S/C23H27N7O3/c24-21(31)18-11-29(12-19-25-27-22(32-19)14-5-3-6-14)16-9-1-2-10-17(16)30(18)13-20-26-28-23(33-20)15-7-4-8-15/h1-2,9-10,14-15,18H,3-8,11-13H2,(H2,24,31)/t18-/m1/s1. The average molecular weight is 450 g/mol. The first-order chi connectivity index (χ1) is 16.2. The Hall–Kier alpha value is -3.43. The Morgan fingerprint density at radius 1 is 0.879 bits per heavy atom. The molecule has 3 heterocycles. The lowest BCUT2D eigenvalue weighted by Gasteiger charge is -2.42. The van der Waals surface area contributed by atoms with Crippen LogP contribution in [-0.4, -0.2) is 38.9 Å². The van der Waals surface area contributed by atoms with Gasteiger partial charge in [0.25, 0.3) is 0 Å². The summed E-state index contributed by atoms with van der Waals surface area (Å²) in [6.07, 6.45) is 6.79. The van der Waals surface area contributed by atoms with Crippen LogP contribution in [0.25, 0.3) is 0 Å². The molecule has 1 atom stereocenters. The van der Waals surface area contributed by atoms with Crippen molar-refractivity contribution in [3.8, 4) is 0 Å². The predicted octanol–water partition coefficient (Wildman–Crippen LogP) is 2.87. The number of aromatic nitrogens is 4. The molecule has 172 valence electrons. The quantitative estimate of drug-likeness (QED) is 0.579. The molecule has 0 unspecified atom stereocenters. The summed E-state index contributed by atoms with van der Waals surface area (Å²) in [6.45, 7) is 1.14. The van der Waals surface area contributed by atoms with Gasteiger partial charge in [0.05, 0.1) is 24.5 Å². The monoisotopic (exact) mass is 449 g/mol. The molecule has 1 aliphatic heterocycles. The van der Waals surface area contributed by atoms with Gasteiger partial charge in [-0.15, -0.1) is 20.4 Å². The van der Waals surface area contributed by atoms with Crippen molar-refractivity contribution in [2.24, 2.45) is 5.73 Å². The zero-order valence-electron chi connectivity index (χ0n) is 18.4. The van der Waals surface area contributed by atoms with Crippen LogP contribution in [-0.2, 0) is 17.9 Å². The lowest BCUT2D eigenvalue weighted by molar-refractivity contribution is -0.119. The van der Waals surface area contributed by atoms with Crippen molar-refractivity contribution >= 4 is 17.3 Å². The third kappa shape index (κ3) is 3.73. The van der Waals surface area contributed by atoms with Crippen molar-refractivity contribution in [2.45, 2.75) is 69.5 Å². The summed E-state index contributed by atoms with van der Waals surface area (Å²) in [6, 6.07) is 7.37. The number of hydrogen-bond donors (Lipinski definition) is 1. The molecule has 1 aromatic carbocycles. The van der Waals surface area contributed by atoms with E-state index in [0.717, 1.165) is 37.1 Å². The molecule has 3 aromatic rings. The molecule has 10 nitrogen and oxygen atoms in total. The summed E-state index contributed by atoms with van der Waals surface area (Å²) in [5.74, 6) is 2.79. The molecule has 0 bridgehead atoms. The van der Waals surface area contributed by atoms with Gasteiger partial charge in [-0.1, -0.05) is 25.0 Å². The molecule has 2 aromatic heterocycles. The second-order valence-electron chi connectivity index (χ2n) is 9.24. The lowest BCUT2D eigenvalue weighted by Crippen LogP contribution is -2.54. The molecule has 2 aliphatic carbocycles. The van der Waals surface area contributed by atoms with E-state index in [9.17, 15) is 4.79 Å². The fourth-order valence-corrected chi connectivity index (χ4v) is 4.75. The summed E-state index contributed by atoms with van der Waals surface area (Å²) < 4.78 is 11.9. The van der Waals surface area contributed by atoms with Crippen LogP contribution in [0, 0.1) is 0 Å². The number of benzene rings is 1. The van der Waals surface area contributed by atoms with Gasteiger partial charge in [-0.2, -0.15) is 0 Å². The highest BCUT2D eigenvalue weighted by molar-refractivity contribution is 5.88. The maximum atomic E-state index is 12.5. The highest BCUT2D eigenvalue weighted by Crippen LogP contribution is 2.39. The number of amides is 1. The topological polar surface area (TPSA) is 127 Å². The van der Waals surface area contributed by atoms with Crippen LogP contribution in [0.5, 0.6) is 0 Å². The van der Waals surface area contributed by atoms with Crippen molar-refractivity contribution < 1.29 is 13.6 Å². The van der Waals surface area contributed by atoms with E-state index < -0.39 is 11.9 Å². The molecule has 3 aliphatic rings. The number of nitrogens with two attached hydrogens (primary N) is 1. The van der Waals surface area contributed by atoms with Crippen molar-refractivity contribution in [3.05, 3.63) is 47.8 Å². The summed E-state index contributed by atoms with van der Waals surface area (Å²) in [4.78, 5) is 16.5. The molecule has 2 saturated carbocycles. The molecule has 0 spiro atoms. The number of rotatable bonds is 7. The van der Waals surface area contributed by atoms with Crippen molar-refractivity contribution in [1.82, 2.24) is 20.4 Å². The van der Waals surface area contributed by atoms with E-state index in [4.69, 9.17) is 14.6 Å². The van der Waals surface area contributed by atoms with E-state index in [2.05, 4.69) is 25.3 Å². The van der Waals surface area contributed by atoms with Crippen LogP contribution < -0.4 is 15.5 Å². The van der Waals surface area contributed by atoms with Gasteiger partial charge in [0.15, 0.2) is 0 Å². The number of anilines is 2. The van der Waals surface area contributed by atoms with Gasteiger partial charge >= 0.3 is 0 Å². The molecule has 1 amide bonds.